The van der Waals surface area contributed by atoms with E-state index in [0.29, 0.717) is 37.8 Å². The van der Waals surface area contributed by atoms with Gasteiger partial charge in [0.05, 0.1) is 12.1 Å². The smallest absolute Gasteiger partial charge is 0.315 e. The second-order valence-corrected chi connectivity index (χ2v) is 11.5. The molecule has 0 aliphatic carbocycles. The van der Waals surface area contributed by atoms with Crippen molar-refractivity contribution in [2.24, 2.45) is 0 Å². The first-order valence-electron chi connectivity index (χ1n) is 11.1. The third-order valence-electron chi connectivity index (χ3n) is 6.25. The number of benzene rings is 1. The number of hydrogen-bond donors (Lipinski definition) is 2. The normalized spacial score (nSPS) is 26.2. The first-order valence-corrected chi connectivity index (χ1v) is 13.7. The molecule has 0 saturated carbocycles. The Balaban J connectivity index is 1.16. The van der Waals surface area contributed by atoms with E-state index in [-0.39, 0.29) is 24.0 Å². The first kappa shape index (κ1) is 23.1. The molecule has 10 heteroatoms. The van der Waals surface area contributed by atoms with Gasteiger partial charge in [-0.3, -0.25) is 4.79 Å². The van der Waals surface area contributed by atoms with E-state index < -0.39 is 10.0 Å². The molecule has 3 amide bonds. The lowest BCUT2D eigenvalue weighted by Gasteiger charge is -2.33. The molecular weight excluding hydrogens is 448 g/mol. The molecular formula is C22H30N4O4S2. The van der Waals surface area contributed by atoms with Crippen molar-refractivity contribution in [3.05, 3.63) is 41.3 Å². The average molecular weight is 479 g/mol. The number of fused-ring (bicyclic) bond motifs is 1. The SMILES string of the molecule is O=C1N[C@H]2[C@H](CS[C@H]2CCCCC(=O)N2CCN(S(=O)(=O)/C=C\c3ccccc3)CC2)N1. The van der Waals surface area contributed by atoms with Gasteiger partial charge in [0, 0.05) is 49.0 Å². The lowest BCUT2D eigenvalue weighted by molar-refractivity contribution is -0.132. The summed E-state index contributed by atoms with van der Waals surface area (Å²) in [5.41, 5.74) is 0.836. The second-order valence-electron chi connectivity index (χ2n) is 8.41. The third kappa shape index (κ3) is 5.65. The summed E-state index contributed by atoms with van der Waals surface area (Å²) in [6, 6.07) is 9.69. The standard InChI is InChI=1S/C22H30N4O4S2/c27-20(9-5-4-8-19-21-18(16-31-19)23-22(28)24-21)25-11-13-26(14-12-25)32(29,30)15-10-17-6-2-1-3-7-17/h1-3,6-7,10,15,18-19,21H,4-5,8-9,11-14,16H2,(H2,23,24,28)/b15-10-/t18-,19-,21-/m0/s1. The van der Waals surface area contributed by atoms with E-state index >= 15 is 0 Å². The van der Waals surface area contributed by atoms with Crippen molar-refractivity contribution < 1.29 is 18.0 Å². The highest BCUT2D eigenvalue weighted by Gasteiger charge is 2.42. The van der Waals surface area contributed by atoms with E-state index in [9.17, 15) is 18.0 Å². The number of sulfonamides is 1. The molecule has 1 aromatic carbocycles. The Morgan fingerprint density at radius 1 is 1.09 bits per heavy atom. The van der Waals surface area contributed by atoms with Crippen LogP contribution in [0.3, 0.4) is 0 Å². The van der Waals surface area contributed by atoms with E-state index in [0.717, 1.165) is 30.6 Å². The molecule has 0 aromatic heterocycles. The molecule has 0 spiro atoms. The predicted molar refractivity (Wildman–Crippen MR) is 127 cm³/mol. The van der Waals surface area contributed by atoms with E-state index in [1.807, 2.05) is 42.1 Å². The number of carbonyl (C=O) groups is 2. The van der Waals surface area contributed by atoms with Crippen molar-refractivity contribution in [1.29, 1.82) is 0 Å². The molecule has 3 aliphatic rings. The molecule has 0 unspecified atom stereocenters. The fraction of sp³-hybridized carbons (Fsp3) is 0.545. The van der Waals surface area contributed by atoms with Gasteiger partial charge in [0.25, 0.3) is 0 Å². The Morgan fingerprint density at radius 2 is 1.84 bits per heavy atom. The summed E-state index contributed by atoms with van der Waals surface area (Å²) in [5.74, 6) is 1.04. The molecule has 3 fully saturated rings. The van der Waals surface area contributed by atoms with Crippen LogP contribution < -0.4 is 10.6 Å². The quantitative estimate of drug-likeness (QED) is 0.439. The Morgan fingerprint density at radius 3 is 2.59 bits per heavy atom. The Hall–Kier alpha value is -2.04. The summed E-state index contributed by atoms with van der Waals surface area (Å²) in [6.45, 7) is 1.50. The zero-order valence-corrected chi connectivity index (χ0v) is 19.6. The van der Waals surface area contributed by atoms with Crippen LogP contribution in [0.1, 0.15) is 31.2 Å². The van der Waals surface area contributed by atoms with Crippen LogP contribution in [0.25, 0.3) is 6.08 Å². The minimum atomic E-state index is -3.49. The van der Waals surface area contributed by atoms with Gasteiger partial charge in [-0.05, 0) is 24.5 Å². The van der Waals surface area contributed by atoms with E-state index in [1.165, 1.54) is 9.71 Å². The number of carbonyl (C=O) groups excluding carboxylic acids is 2. The summed E-state index contributed by atoms with van der Waals surface area (Å²) >= 11 is 1.89. The van der Waals surface area contributed by atoms with Crippen molar-refractivity contribution in [1.82, 2.24) is 19.8 Å². The largest absolute Gasteiger partial charge is 0.340 e. The van der Waals surface area contributed by atoms with Crippen LogP contribution in [0.4, 0.5) is 4.79 Å². The fourth-order valence-corrected chi connectivity index (χ4v) is 7.15. The third-order valence-corrected chi connectivity index (χ3v) is 9.32. The highest BCUT2D eigenvalue weighted by Crippen LogP contribution is 2.33. The Labute approximate surface area is 193 Å². The molecule has 3 saturated heterocycles. The molecule has 3 heterocycles. The second kappa shape index (κ2) is 10.3. The van der Waals surface area contributed by atoms with Gasteiger partial charge in [0.2, 0.25) is 15.9 Å². The van der Waals surface area contributed by atoms with Crippen LogP contribution >= 0.6 is 11.8 Å². The summed E-state index contributed by atoms with van der Waals surface area (Å²) in [4.78, 5) is 25.8. The monoisotopic (exact) mass is 478 g/mol. The first-order chi connectivity index (χ1) is 15.4. The van der Waals surface area contributed by atoms with Crippen LogP contribution in [0.2, 0.25) is 0 Å². The lowest BCUT2D eigenvalue weighted by atomic mass is 10.0. The number of nitrogens with one attached hydrogen (secondary N) is 2. The minimum Gasteiger partial charge on any atom is -0.340 e. The number of thioether (sulfide) groups is 1. The summed E-state index contributed by atoms with van der Waals surface area (Å²) in [7, 11) is -3.49. The van der Waals surface area contributed by atoms with Gasteiger partial charge in [-0.2, -0.15) is 16.1 Å². The molecule has 0 bridgehead atoms. The molecule has 32 heavy (non-hydrogen) atoms. The van der Waals surface area contributed by atoms with Gasteiger partial charge in [0.1, 0.15) is 0 Å². The minimum absolute atomic E-state index is 0.0720. The summed E-state index contributed by atoms with van der Waals surface area (Å²) in [5, 5.41) is 7.59. The van der Waals surface area contributed by atoms with Crippen molar-refractivity contribution in [2.75, 3.05) is 31.9 Å². The van der Waals surface area contributed by atoms with Crippen LogP contribution in [-0.4, -0.2) is 78.8 Å². The van der Waals surface area contributed by atoms with Crippen molar-refractivity contribution in [3.8, 4) is 0 Å². The molecule has 1 aromatic rings. The van der Waals surface area contributed by atoms with Crippen molar-refractivity contribution in [3.63, 3.8) is 0 Å². The van der Waals surface area contributed by atoms with Gasteiger partial charge >= 0.3 is 6.03 Å². The van der Waals surface area contributed by atoms with Crippen LogP contribution in [0.5, 0.6) is 0 Å². The van der Waals surface area contributed by atoms with Crippen LogP contribution in [-0.2, 0) is 14.8 Å². The molecule has 2 N–H and O–H groups in total. The Kier molecular flexibility index (Phi) is 7.42. The van der Waals surface area contributed by atoms with Gasteiger partial charge in [0.15, 0.2) is 0 Å². The Bertz CT molecular complexity index is 946. The molecule has 4 rings (SSSR count). The van der Waals surface area contributed by atoms with Crippen molar-refractivity contribution >= 4 is 39.8 Å². The molecule has 8 nitrogen and oxygen atoms in total. The highest BCUT2D eigenvalue weighted by molar-refractivity contribution is 8.00. The molecule has 3 aliphatic heterocycles. The number of unbranched alkanes of at least 4 members (excludes halogenated alkanes) is 1. The molecule has 174 valence electrons. The van der Waals surface area contributed by atoms with Gasteiger partial charge in [-0.15, -0.1) is 0 Å². The maximum Gasteiger partial charge on any atom is 0.315 e. The van der Waals surface area contributed by atoms with Gasteiger partial charge < -0.3 is 15.5 Å². The molecule has 3 atom stereocenters. The van der Waals surface area contributed by atoms with E-state index in [2.05, 4.69) is 10.6 Å². The zero-order chi connectivity index (χ0) is 22.6. The number of hydrogen-bond acceptors (Lipinski definition) is 5. The number of urea groups is 1. The maximum absolute atomic E-state index is 12.6. The van der Waals surface area contributed by atoms with Crippen LogP contribution in [0, 0.1) is 0 Å². The maximum atomic E-state index is 12.6. The van der Waals surface area contributed by atoms with Crippen molar-refractivity contribution in [2.45, 2.75) is 43.0 Å². The predicted octanol–water partition coefficient (Wildman–Crippen LogP) is 1.86. The molecule has 0 radical (unpaired) electrons. The number of nitrogens with zero attached hydrogens (tertiary/aromatic N) is 2. The summed E-state index contributed by atoms with van der Waals surface area (Å²) < 4.78 is 26.6. The number of rotatable bonds is 8. The highest BCUT2D eigenvalue weighted by atomic mass is 32.2. The zero-order valence-electron chi connectivity index (χ0n) is 18.0. The topological polar surface area (TPSA) is 98.8 Å². The van der Waals surface area contributed by atoms with Gasteiger partial charge in [-0.25, -0.2) is 13.2 Å². The number of amides is 3. The van der Waals surface area contributed by atoms with E-state index in [4.69, 9.17) is 0 Å². The fourth-order valence-electron chi connectivity index (χ4n) is 4.43. The average Bonchev–Trinajstić information content (AvgIpc) is 3.35. The van der Waals surface area contributed by atoms with Gasteiger partial charge in [-0.1, -0.05) is 36.8 Å². The van der Waals surface area contributed by atoms with Crippen LogP contribution in [0.15, 0.2) is 35.7 Å². The number of piperazine rings is 1. The lowest BCUT2D eigenvalue weighted by Crippen LogP contribution is -2.50. The summed E-state index contributed by atoms with van der Waals surface area (Å²) in [6.07, 6.45) is 4.83. The van der Waals surface area contributed by atoms with E-state index in [1.54, 1.807) is 11.0 Å².